The van der Waals surface area contributed by atoms with E-state index >= 15 is 0 Å². The van der Waals surface area contributed by atoms with Gasteiger partial charge in [-0.3, -0.25) is 9.79 Å². The molecule has 0 aliphatic carbocycles. The lowest BCUT2D eigenvalue weighted by Gasteiger charge is -2.16. The van der Waals surface area contributed by atoms with Crippen LogP contribution in [0, 0.1) is 13.8 Å². The molecule has 6 heteroatoms. The maximum Gasteiger partial charge on any atom is 0.265 e. The number of aliphatic imine (C=N–C) groups is 1. The number of fused-ring (bicyclic) bond motifs is 1. The van der Waals surface area contributed by atoms with E-state index in [0.717, 1.165) is 11.1 Å². The Hall–Kier alpha value is -3.08. The number of hydrogen-bond donors (Lipinski definition) is 1. The topological polar surface area (TPSA) is 54.6 Å². The van der Waals surface area contributed by atoms with Gasteiger partial charge in [-0.15, -0.1) is 0 Å². The maximum atomic E-state index is 13.2. The standard InChI is InChI=1S/C24H18Cl2N2O2/c1-14-7-10-22(15(2)11-14)28-23(29)18-6-4-3-5-17(18)19(24(28)30)13-27-21-9-8-16(25)12-20(21)26/h3-13,30H,1-2H3. The molecule has 0 aliphatic heterocycles. The number of aromatic hydroxyl groups is 1. The van der Waals surface area contributed by atoms with Crippen LogP contribution < -0.4 is 5.56 Å². The van der Waals surface area contributed by atoms with Gasteiger partial charge in [0.2, 0.25) is 5.88 Å². The van der Waals surface area contributed by atoms with E-state index in [1.54, 1.807) is 36.4 Å². The SMILES string of the molecule is Cc1ccc(-n2c(O)c(C=Nc3ccc(Cl)cc3Cl)c3ccccc3c2=O)c(C)c1. The van der Waals surface area contributed by atoms with Crippen LogP contribution in [0.1, 0.15) is 16.7 Å². The molecule has 0 atom stereocenters. The normalized spacial score (nSPS) is 11.5. The van der Waals surface area contributed by atoms with Crippen molar-refractivity contribution < 1.29 is 5.11 Å². The molecular weight excluding hydrogens is 419 g/mol. The quantitative estimate of drug-likeness (QED) is 0.379. The molecule has 4 nitrogen and oxygen atoms in total. The van der Waals surface area contributed by atoms with Gasteiger partial charge < -0.3 is 5.11 Å². The van der Waals surface area contributed by atoms with E-state index in [9.17, 15) is 9.90 Å². The van der Waals surface area contributed by atoms with Gasteiger partial charge in [0.25, 0.3) is 5.56 Å². The Balaban J connectivity index is 2.00. The van der Waals surface area contributed by atoms with E-state index in [1.807, 2.05) is 38.1 Å². The molecule has 30 heavy (non-hydrogen) atoms. The third-order valence-electron chi connectivity index (χ3n) is 4.94. The van der Waals surface area contributed by atoms with Gasteiger partial charge in [-0.2, -0.15) is 0 Å². The van der Waals surface area contributed by atoms with Crippen LogP contribution >= 0.6 is 23.2 Å². The first-order chi connectivity index (χ1) is 14.4. The van der Waals surface area contributed by atoms with Gasteiger partial charge >= 0.3 is 0 Å². The number of aromatic nitrogens is 1. The summed E-state index contributed by atoms with van der Waals surface area (Å²) in [5.74, 6) is -0.181. The van der Waals surface area contributed by atoms with Crippen molar-refractivity contribution in [2.45, 2.75) is 13.8 Å². The molecule has 0 fully saturated rings. The minimum absolute atomic E-state index is 0.181. The summed E-state index contributed by atoms with van der Waals surface area (Å²) in [4.78, 5) is 17.7. The highest BCUT2D eigenvalue weighted by Crippen LogP contribution is 2.30. The first kappa shape index (κ1) is 20.2. The zero-order valence-electron chi connectivity index (χ0n) is 16.4. The second-order valence-electron chi connectivity index (χ2n) is 7.07. The van der Waals surface area contributed by atoms with Crippen LogP contribution in [-0.2, 0) is 0 Å². The molecule has 1 heterocycles. The smallest absolute Gasteiger partial charge is 0.265 e. The van der Waals surface area contributed by atoms with Gasteiger partial charge in [0.15, 0.2) is 0 Å². The van der Waals surface area contributed by atoms with Crippen LogP contribution in [0.2, 0.25) is 10.0 Å². The highest BCUT2D eigenvalue weighted by Gasteiger charge is 2.17. The van der Waals surface area contributed by atoms with E-state index < -0.39 is 0 Å². The predicted molar refractivity (Wildman–Crippen MR) is 124 cm³/mol. The average molecular weight is 437 g/mol. The largest absolute Gasteiger partial charge is 0.494 e. The van der Waals surface area contributed by atoms with Crippen molar-refractivity contribution in [3.05, 3.63) is 97.8 Å². The van der Waals surface area contributed by atoms with Crippen molar-refractivity contribution in [2.75, 3.05) is 0 Å². The minimum atomic E-state index is -0.295. The van der Waals surface area contributed by atoms with Gasteiger partial charge in [0.1, 0.15) is 0 Å². The molecule has 4 rings (SSSR count). The Morgan fingerprint density at radius 2 is 1.70 bits per heavy atom. The minimum Gasteiger partial charge on any atom is -0.494 e. The highest BCUT2D eigenvalue weighted by atomic mass is 35.5. The molecule has 0 unspecified atom stereocenters. The van der Waals surface area contributed by atoms with Crippen LogP contribution in [0.15, 0.2) is 70.5 Å². The molecule has 0 saturated carbocycles. The zero-order valence-corrected chi connectivity index (χ0v) is 17.9. The van der Waals surface area contributed by atoms with E-state index in [-0.39, 0.29) is 11.4 Å². The van der Waals surface area contributed by atoms with Crippen molar-refractivity contribution in [1.82, 2.24) is 4.57 Å². The maximum absolute atomic E-state index is 13.2. The molecule has 0 aliphatic rings. The molecule has 0 radical (unpaired) electrons. The Kier molecular flexibility index (Phi) is 5.37. The Morgan fingerprint density at radius 1 is 0.967 bits per heavy atom. The number of pyridine rings is 1. The molecule has 0 spiro atoms. The summed E-state index contributed by atoms with van der Waals surface area (Å²) in [5, 5.41) is 13.1. The molecule has 0 bridgehead atoms. The fourth-order valence-corrected chi connectivity index (χ4v) is 3.95. The molecule has 0 saturated heterocycles. The number of benzene rings is 3. The third kappa shape index (κ3) is 3.60. The summed E-state index contributed by atoms with van der Waals surface area (Å²) in [6.07, 6.45) is 1.52. The summed E-state index contributed by atoms with van der Waals surface area (Å²) in [6.45, 7) is 3.89. The molecule has 1 aromatic heterocycles. The van der Waals surface area contributed by atoms with Crippen molar-refractivity contribution in [2.24, 2.45) is 4.99 Å². The predicted octanol–water partition coefficient (Wildman–Crippen LogP) is 6.37. The van der Waals surface area contributed by atoms with Crippen molar-refractivity contribution >= 4 is 45.9 Å². The molecule has 0 amide bonds. The highest BCUT2D eigenvalue weighted by molar-refractivity contribution is 6.36. The van der Waals surface area contributed by atoms with E-state index in [1.165, 1.54) is 10.8 Å². The first-order valence-electron chi connectivity index (χ1n) is 9.30. The van der Waals surface area contributed by atoms with Crippen LogP contribution in [0.4, 0.5) is 5.69 Å². The number of rotatable bonds is 3. The fourth-order valence-electron chi connectivity index (χ4n) is 3.49. The van der Waals surface area contributed by atoms with E-state index in [2.05, 4.69) is 4.99 Å². The van der Waals surface area contributed by atoms with Gasteiger partial charge in [-0.1, -0.05) is 59.1 Å². The fraction of sp³-hybridized carbons (Fsp3) is 0.0833. The lowest BCUT2D eigenvalue weighted by Crippen LogP contribution is -2.21. The second-order valence-corrected chi connectivity index (χ2v) is 7.91. The number of nitrogens with zero attached hydrogens (tertiary/aromatic N) is 2. The molecule has 150 valence electrons. The van der Waals surface area contributed by atoms with Crippen LogP contribution in [0.3, 0.4) is 0 Å². The molecule has 1 N–H and O–H groups in total. The summed E-state index contributed by atoms with van der Waals surface area (Å²) in [5.41, 5.74) is 3.21. The average Bonchev–Trinajstić information content (AvgIpc) is 2.71. The van der Waals surface area contributed by atoms with Gasteiger partial charge in [0.05, 0.1) is 22.0 Å². The Labute approximate surface area is 183 Å². The number of hydrogen-bond acceptors (Lipinski definition) is 3. The molecule has 4 aromatic rings. The Morgan fingerprint density at radius 3 is 2.40 bits per heavy atom. The summed E-state index contributed by atoms with van der Waals surface area (Å²) in [6, 6.07) is 17.8. The van der Waals surface area contributed by atoms with Crippen molar-refractivity contribution in [3.63, 3.8) is 0 Å². The van der Waals surface area contributed by atoms with Gasteiger partial charge in [0, 0.05) is 22.0 Å². The van der Waals surface area contributed by atoms with Crippen LogP contribution in [-0.4, -0.2) is 15.9 Å². The van der Waals surface area contributed by atoms with E-state index in [4.69, 9.17) is 23.2 Å². The van der Waals surface area contributed by atoms with Gasteiger partial charge in [-0.25, -0.2) is 4.57 Å². The van der Waals surface area contributed by atoms with Crippen molar-refractivity contribution in [3.8, 4) is 11.6 Å². The van der Waals surface area contributed by atoms with E-state index in [0.29, 0.717) is 37.8 Å². The van der Waals surface area contributed by atoms with Gasteiger partial charge in [-0.05, 0) is 49.7 Å². The van der Waals surface area contributed by atoms with Crippen molar-refractivity contribution in [1.29, 1.82) is 0 Å². The number of aryl methyl sites for hydroxylation is 2. The lowest BCUT2D eigenvalue weighted by molar-refractivity contribution is 0.436. The second kappa shape index (κ2) is 7.98. The zero-order chi connectivity index (χ0) is 21.4. The monoisotopic (exact) mass is 436 g/mol. The summed E-state index contributed by atoms with van der Waals surface area (Å²) in [7, 11) is 0. The summed E-state index contributed by atoms with van der Waals surface area (Å²) >= 11 is 12.2. The van der Waals surface area contributed by atoms with Crippen LogP contribution in [0.25, 0.3) is 16.5 Å². The molecular formula is C24H18Cl2N2O2. The van der Waals surface area contributed by atoms with Crippen LogP contribution in [0.5, 0.6) is 5.88 Å². The lowest BCUT2D eigenvalue weighted by atomic mass is 10.1. The Bertz CT molecular complexity index is 1370. The third-order valence-corrected chi connectivity index (χ3v) is 5.48. The summed E-state index contributed by atoms with van der Waals surface area (Å²) < 4.78 is 1.32. The first-order valence-corrected chi connectivity index (χ1v) is 10.1. The molecule has 3 aromatic carbocycles. The number of halogens is 2.